The standard InChI is InChI=1S/C14H26N2O2/c1-10-8-11-6-5-7-16(9-12(11)15-10)13(17)18-14(2,3)4/h10-12,15H,5-9H2,1-4H3. The van der Waals surface area contributed by atoms with Gasteiger partial charge in [-0.15, -0.1) is 0 Å². The Hall–Kier alpha value is -0.770. The number of carbonyl (C=O) groups excluding carboxylic acids is 1. The second kappa shape index (κ2) is 5.08. The van der Waals surface area contributed by atoms with Crippen LogP contribution in [0.3, 0.4) is 0 Å². The van der Waals surface area contributed by atoms with Gasteiger partial charge in [-0.05, 0) is 52.9 Å². The first kappa shape index (κ1) is 13.7. The van der Waals surface area contributed by atoms with E-state index in [2.05, 4.69) is 12.2 Å². The summed E-state index contributed by atoms with van der Waals surface area (Å²) in [6.07, 6.45) is 3.40. The number of likely N-dealkylation sites (tertiary alicyclic amines) is 1. The Morgan fingerprint density at radius 1 is 1.39 bits per heavy atom. The highest BCUT2D eigenvalue weighted by molar-refractivity contribution is 5.68. The molecule has 0 aromatic heterocycles. The van der Waals surface area contributed by atoms with Gasteiger partial charge in [-0.25, -0.2) is 4.79 Å². The van der Waals surface area contributed by atoms with Crippen LogP contribution in [0.1, 0.15) is 47.0 Å². The number of hydrogen-bond donors (Lipinski definition) is 1. The molecule has 3 atom stereocenters. The van der Waals surface area contributed by atoms with E-state index < -0.39 is 5.60 Å². The molecule has 3 unspecified atom stereocenters. The molecule has 2 heterocycles. The van der Waals surface area contributed by atoms with E-state index in [-0.39, 0.29) is 6.09 Å². The monoisotopic (exact) mass is 254 g/mol. The van der Waals surface area contributed by atoms with Gasteiger partial charge < -0.3 is 15.0 Å². The van der Waals surface area contributed by atoms with E-state index in [1.165, 1.54) is 12.8 Å². The van der Waals surface area contributed by atoms with Crippen molar-refractivity contribution in [3.8, 4) is 0 Å². The van der Waals surface area contributed by atoms with Gasteiger partial charge in [0.1, 0.15) is 5.60 Å². The molecule has 2 aliphatic heterocycles. The van der Waals surface area contributed by atoms with Crippen LogP contribution in [0.15, 0.2) is 0 Å². The molecule has 0 radical (unpaired) electrons. The number of ether oxygens (including phenoxy) is 1. The van der Waals surface area contributed by atoms with Crippen molar-refractivity contribution < 1.29 is 9.53 Å². The average Bonchev–Trinajstić information content (AvgIpc) is 2.43. The zero-order valence-electron chi connectivity index (χ0n) is 12.0. The van der Waals surface area contributed by atoms with Gasteiger partial charge in [0.25, 0.3) is 0 Å². The van der Waals surface area contributed by atoms with Crippen molar-refractivity contribution in [2.45, 2.75) is 64.6 Å². The van der Waals surface area contributed by atoms with Crippen LogP contribution in [0.2, 0.25) is 0 Å². The summed E-state index contributed by atoms with van der Waals surface area (Å²) < 4.78 is 5.47. The van der Waals surface area contributed by atoms with E-state index in [1.807, 2.05) is 25.7 Å². The van der Waals surface area contributed by atoms with Crippen LogP contribution in [-0.4, -0.2) is 41.8 Å². The smallest absolute Gasteiger partial charge is 0.410 e. The number of nitrogens with zero attached hydrogens (tertiary/aromatic N) is 1. The first-order chi connectivity index (χ1) is 8.35. The molecule has 0 saturated carbocycles. The summed E-state index contributed by atoms with van der Waals surface area (Å²) in [5.41, 5.74) is -0.404. The van der Waals surface area contributed by atoms with Crippen molar-refractivity contribution >= 4 is 6.09 Å². The molecule has 1 amide bonds. The van der Waals surface area contributed by atoms with Crippen molar-refractivity contribution in [3.63, 3.8) is 0 Å². The van der Waals surface area contributed by atoms with E-state index in [0.717, 1.165) is 25.4 Å². The van der Waals surface area contributed by atoms with Crippen LogP contribution in [0.4, 0.5) is 4.79 Å². The summed E-state index contributed by atoms with van der Waals surface area (Å²) in [6.45, 7) is 9.61. The molecule has 0 bridgehead atoms. The van der Waals surface area contributed by atoms with Gasteiger partial charge in [0, 0.05) is 25.2 Å². The quantitative estimate of drug-likeness (QED) is 0.721. The third-order valence-electron chi connectivity index (χ3n) is 3.80. The SMILES string of the molecule is CC1CC2CCCN(C(=O)OC(C)(C)C)CC2N1. The van der Waals surface area contributed by atoms with Crippen LogP contribution >= 0.6 is 0 Å². The van der Waals surface area contributed by atoms with Gasteiger partial charge in [-0.2, -0.15) is 0 Å². The summed E-state index contributed by atoms with van der Waals surface area (Å²) in [6, 6.07) is 1.04. The van der Waals surface area contributed by atoms with Crippen LogP contribution in [-0.2, 0) is 4.74 Å². The van der Waals surface area contributed by atoms with Gasteiger partial charge in [0.05, 0.1) is 0 Å². The van der Waals surface area contributed by atoms with Gasteiger partial charge in [-0.1, -0.05) is 0 Å². The van der Waals surface area contributed by atoms with Crippen molar-refractivity contribution in [3.05, 3.63) is 0 Å². The highest BCUT2D eigenvalue weighted by Gasteiger charge is 2.36. The molecule has 4 heteroatoms. The van der Waals surface area contributed by atoms with Crippen LogP contribution < -0.4 is 5.32 Å². The molecule has 2 rings (SSSR count). The predicted molar refractivity (Wildman–Crippen MR) is 71.5 cm³/mol. The maximum absolute atomic E-state index is 12.1. The van der Waals surface area contributed by atoms with Gasteiger partial charge in [-0.3, -0.25) is 0 Å². The van der Waals surface area contributed by atoms with Gasteiger partial charge in [0.2, 0.25) is 0 Å². The first-order valence-electron chi connectivity index (χ1n) is 7.09. The molecule has 0 aliphatic carbocycles. The molecule has 0 aromatic carbocycles. The molecule has 2 saturated heterocycles. The van der Waals surface area contributed by atoms with Crippen LogP contribution in [0.25, 0.3) is 0 Å². The number of amides is 1. The predicted octanol–water partition coefficient (Wildman–Crippen LogP) is 2.38. The lowest BCUT2D eigenvalue weighted by atomic mass is 9.95. The highest BCUT2D eigenvalue weighted by Crippen LogP contribution is 2.28. The zero-order chi connectivity index (χ0) is 13.3. The highest BCUT2D eigenvalue weighted by atomic mass is 16.6. The molecule has 2 aliphatic rings. The van der Waals surface area contributed by atoms with Crippen LogP contribution in [0.5, 0.6) is 0 Å². The minimum Gasteiger partial charge on any atom is -0.444 e. The fourth-order valence-corrected chi connectivity index (χ4v) is 3.07. The third kappa shape index (κ3) is 3.37. The Labute approximate surface area is 110 Å². The average molecular weight is 254 g/mol. The van der Waals surface area contributed by atoms with E-state index in [4.69, 9.17) is 4.74 Å². The molecule has 2 fully saturated rings. The Morgan fingerprint density at radius 2 is 2.11 bits per heavy atom. The van der Waals surface area contributed by atoms with Crippen LogP contribution in [0, 0.1) is 5.92 Å². The normalized spacial score (nSPS) is 32.9. The number of rotatable bonds is 0. The Balaban J connectivity index is 1.96. The lowest BCUT2D eigenvalue weighted by Gasteiger charge is -2.28. The number of fused-ring (bicyclic) bond motifs is 1. The fraction of sp³-hybridized carbons (Fsp3) is 0.929. The first-order valence-corrected chi connectivity index (χ1v) is 7.09. The molecule has 18 heavy (non-hydrogen) atoms. The minimum atomic E-state index is -0.404. The maximum atomic E-state index is 12.1. The molecule has 0 aromatic rings. The summed E-state index contributed by atoms with van der Waals surface area (Å²) in [7, 11) is 0. The largest absolute Gasteiger partial charge is 0.444 e. The molecule has 1 N–H and O–H groups in total. The summed E-state index contributed by atoms with van der Waals surface area (Å²) in [5, 5.41) is 3.59. The van der Waals surface area contributed by atoms with Gasteiger partial charge >= 0.3 is 6.09 Å². The van der Waals surface area contributed by atoms with E-state index in [9.17, 15) is 4.79 Å². The van der Waals surface area contributed by atoms with E-state index >= 15 is 0 Å². The van der Waals surface area contributed by atoms with E-state index in [0.29, 0.717) is 12.1 Å². The summed E-state index contributed by atoms with van der Waals surface area (Å²) in [5.74, 6) is 0.729. The minimum absolute atomic E-state index is 0.162. The third-order valence-corrected chi connectivity index (χ3v) is 3.80. The van der Waals surface area contributed by atoms with Crippen molar-refractivity contribution in [1.29, 1.82) is 0 Å². The Bertz CT molecular complexity index is 311. The van der Waals surface area contributed by atoms with Crippen molar-refractivity contribution in [1.82, 2.24) is 10.2 Å². The van der Waals surface area contributed by atoms with Crippen molar-refractivity contribution in [2.24, 2.45) is 5.92 Å². The zero-order valence-corrected chi connectivity index (χ0v) is 12.0. The molecule has 4 nitrogen and oxygen atoms in total. The van der Waals surface area contributed by atoms with Crippen molar-refractivity contribution in [2.75, 3.05) is 13.1 Å². The second-order valence-corrected chi connectivity index (χ2v) is 6.74. The van der Waals surface area contributed by atoms with Gasteiger partial charge in [0.15, 0.2) is 0 Å². The molecule has 0 spiro atoms. The number of hydrogen-bond acceptors (Lipinski definition) is 3. The van der Waals surface area contributed by atoms with E-state index in [1.54, 1.807) is 0 Å². The molecular weight excluding hydrogens is 228 g/mol. The second-order valence-electron chi connectivity index (χ2n) is 6.74. The number of nitrogens with one attached hydrogen (secondary N) is 1. The number of carbonyl (C=O) groups is 1. The summed E-state index contributed by atoms with van der Waals surface area (Å²) in [4.78, 5) is 14.0. The Kier molecular flexibility index (Phi) is 3.85. The Morgan fingerprint density at radius 3 is 2.78 bits per heavy atom. The summed E-state index contributed by atoms with van der Waals surface area (Å²) >= 11 is 0. The molecule has 104 valence electrons. The fourth-order valence-electron chi connectivity index (χ4n) is 3.07. The lowest BCUT2D eigenvalue weighted by molar-refractivity contribution is 0.0243. The lowest BCUT2D eigenvalue weighted by Crippen LogP contribution is -2.44. The topological polar surface area (TPSA) is 41.6 Å². The molecular formula is C14H26N2O2. The maximum Gasteiger partial charge on any atom is 0.410 e.